The molecule has 0 aliphatic carbocycles. The number of halogens is 2. The first kappa shape index (κ1) is 19.0. The maximum atomic E-state index is 13.1. The molecule has 0 saturated heterocycles. The highest BCUT2D eigenvalue weighted by molar-refractivity contribution is 6.01. The Bertz CT molecular complexity index is 817. The van der Waals surface area contributed by atoms with Crippen molar-refractivity contribution in [3.8, 4) is 0 Å². The fraction of sp³-hybridized carbons (Fsp3) is 0.333. The van der Waals surface area contributed by atoms with E-state index in [2.05, 4.69) is 5.16 Å². The summed E-state index contributed by atoms with van der Waals surface area (Å²) in [7, 11) is 0. The van der Waals surface area contributed by atoms with Gasteiger partial charge in [-0.05, 0) is 35.4 Å². The zero-order valence-corrected chi connectivity index (χ0v) is 15.4. The van der Waals surface area contributed by atoms with Crippen LogP contribution < -0.4 is 0 Å². The lowest BCUT2D eigenvalue weighted by Crippen LogP contribution is -2.39. The van der Waals surface area contributed by atoms with Crippen molar-refractivity contribution in [3.63, 3.8) is 0 Å². The molecule has 2 aromatic carbocycles. The standard InChI is InChI=1S/C21H22F2N2O2/c1-14(2)21(26)25(12-15-3-7-17(22)8-4-15)13-19-11-20(24-27-19)16-5-9-18(23)10-6-16/h3-10,14,19H,11-13H2,1-2H3. The van der Waals surface area contributed by atoms with Crippen LogP contribution in [-0.2, 0) is 16.2 Å². The number of hydrogen-bond donors (Lipinski definition) is 0. The van der Waals surface area contributed by atoms with Gasteiger partial charge in [0.25, 0.3) is 0 Å². The number of benzene rings is 2. The number of hydrogen-bond acceptors (Lipinski definition) is 3. The SMILES string of the molecule is CC(C)C(=O)N(Cc1ccc(F)cc1)CC1CC(c2ccc(F)cc2)=NO1. The van der Waals surface area contributed by atoms with Crippen LogP contribution >= 0.6 is 0 Å². The molecule has 2 aromatic rings. The summed E-state index contributed by atoms with van der Waals surface area (Å²) < 4.78 is 26.2. The van der Waals surface area contributed by atoms with Gasteiger partial charge in [0, 0.05) is 18.9 Å². The van der Waals surface area contributed by atoms with Crippen LogP contribution in [0.4, 0.5) is 8.78 Å². The minimum Gasteiger partial charge on any atom is -0.390 e. The molecule has 1 unspecified atom stereocenters. The van der Waals surface area contributed by atoms with E-state index in [0.717, 1.165) is 16.8 Å². The maximum Gasteiger partial charge on any atom is 0.225 e. The van der Waals surface area contributed by atoms with Crippen molar-refractivity contribution in [1.29, 1.82) is 0 Å². The lowest BCUT2D eigenvalue weighted by atomic mass is 10.0. The zero-order valence-electron chi connectivity index (χ0n) is 15.4. The van der Waals surface area contributed by atoms with Crippen LogP contribution in [0.15, 0.2) is 53.7 Å². The third-order valence-corrected chi connectivity index (χ3v) is 4.43. The van der Waals surface area contributed by atoms with E-state index in [1.54, 1.807) is 29.2 Å². The van der Waals surface area contributed by atoms with Crippen LogP contribution in [0.2, 0.25) is 0 Å². The second kappa shape index (κ2) is 8.29. The second-order valence-electron chi connectivity index (χ2n) is 6.98. The Kier molecular flexibility index (Phi) is 5.84. The summed E-state index contributed by atoms with van der Waals surface area (Å²) in [5.74, 6) is -0.776. The van der Waals surface area contributed by atoms with Gasteiger partial charge in [0.1, 0.15) is 11.6 Å². The second-order valence-corrected chi connectivity index (χ2v) is 6.98. The average Bonchev–Trinajstić information content (AvgIpc) is 3.11. The molecule has 0 bridgehead atoms. The first-order valence-electron chi connectivity index (χ1n) is 8.94. The molecule has 4 nitrogen and oxygen atoms in total. The van der Waals surface area contributed by atoms with Gasteiger partial charge in [0.05, 0.1) is 12.3 Å². The molecule has 0 aromatic heterocycles. The molecular formula is C21H22F2N2O2. The molecular weight excluding hydrogens is 350 g/mol. The highest BCUT2D eigenvalue weighted by atomic mass is 19.1. The summed E-state index contributed by atoms with van der Waals surface area (Å²) in [5, 5.41) is 4.10. The molecule has 0 spiro atoms. The summed E-state index contributed by atoms with van der Waals surface area (Å²) in [6.45, 7) is 4.44. The Balaban J connectivity index is 1.66. The van der Waals surface area contributed by atoms with Crippen molar-refractivity contribution in [2.75, 3.05) is 6.54 Å². The highest BCUT2D eigenvalue weighted by Gasteiger charge is 2.27. The molecule has 0 fully saturated rings. The molecule has 1 aliphatic heterocycles. The van der Waals surface area contributed by atoms with Gasteiger partial charge in [-0.15, -0.1) is 0 Å². The molecule has 1 amide bonds. The quantitative estimate of drug-likeness (QED) is 0.765. The lowest BCUT2D eigenvalue weighted by molar-refractivity contribution is -0.136. The van der Waals surface area contributed by atoms with Gasteiger partial charge in [0.15, 0.2) is 6.10 Å². The number of rotatable bonds is 6. The lowest BCUT2D eigenvalue weighted by Gasteiger charge is -2.26. The summed E-state index contributed by atoms with van der Waals surface area (Å²) in [6, 6.07) is 12.2. The van der Waals surface area contributed by atoms with Crippen molar-refractivity contribution >= 4 is 11.6 Å². The van der Waals surface area contributed by atoms with Gasteiger partial charge < -0.3 is 9.74 Å². The number of carbonyl (C=O) groups excluding carboxylic acids is 1. The molecule has 1 heterocycles. The van der Waals surface area contributed by atoms with Crippen molar-refractivity contribution in [1.82, 2.24) is 4.90 Å². The molecule has 1 atom stereocenters. The summed E-state index contributed by atoms with van der Waals surface area (Å²) in [5.41, 5.74) is 2.39. The van der Waals surface area contributed by atoms with E-state index in [4.69, 9.17) is 4.84 Å². The van der Waals surface area contributed by atoms with E-state index in [1.165, 1.54) is 24.3 Å². The van der Waals surface area contributed by atoms with E-state index in [0.29, 0.717) is 19.5 Å². The van der Waals surface area contributed by atoms with Crippen LogP contribution in [0.3, 0.4) is 0 Å². The van der Waals surface area contributed by atoms with Gasteiger partial charge >= 0.3 is 0 Å². The Hall–Kier alpha value is -2.76. The first-order chi connectivity index (χ1) is 12.9. The smallest absolute Gasteiger partial charge is 0.225 e. The fourth-order valence-electron chi connectivity index (χ4n) is 2.99. The largest absolute Gasteiger partial charge is 0.390 e. The van der Waals surface area contributed by atoms with E-state index >= 15 is 0 Å². The normalized spacial score (nSPS) is 16.2. The molecule has 142 valence electrons. The van der Waals surface area contributed by atoms with E-state index in [9.17, 15) is 13.6 Å². The predicted molar refractivity (Wildman–Crippen MR) is 99.1 cm³/mol. The van der Waals surface area contributed by atoms with Crippen molar-refractivity contribution in [2.24, 2.45) is 11.1 Å². The first-order valence-corrected chi connectivity index (χ1v) is 8.94. The Morgan fingerprint density at radius 2 is 1.70 bits per heavy atom. The zero-order chi connectivity index (χ0) is 19.4. The monoisotopic (exact) mass is 372 g/mol. The number of amides is 1. The van der Waals surface area contributed by atoms with Crippen LogP contribution in [0.5, 0.6) is 0 Å². The summed E-state index contributed by atoms with van der Waals surface area (Å²) in [4.78, 5) is 19.8. The average molecular weight is 372 g/mol. The Morgan fingerprint density at radius 1 is 1.11 bits per heavy atom. The van der Waals surface area contributed by atoms with Crippen molar-refractivity contribution < 1.29 is 18.4 Å². The molecule has 1 aliphatic rings. The van der Waals surface area contributed by atoms with Crippen molar-refractivity contribution in [3.05, 3.63) is 71.3 Å². The molecule has 0 saturated carbocycles. The third-order valence-electron chi connectivity index (χ3n) is 4.43. The van der Waals surface area contributed by atoms with Crippen LogP contribution in [0, 0.1) is 17.6 Å². The number of oxime groups is 1. The summed E-state index contributed by atoms with van der Waals surface area (Å²) in [6.07, 6.45) is 0.268. The predicted octanol–water partition coefficient (Wildman–Crippen LogP) is 4.14. The van der Waals surface area contributed by atoms with Gasteiger partial charge in [0.2, 0.25) is 5.91 Å². The van der Waals surface area contributed by atoms with Crippen molar-refractivity contribution in [2.45, 2.75) is 32.9 Å². The third kappa shape index (κ3) is 4.90. The van der Waals surface area contributed by atoms with Gasteiger partial charge in [-0.25, -0.2) is 8.78 Å². The Morgan fingerprint density at radius 3 is 2.30 bits per heavy atom. The van der Waals surface area contributed by atoms with E-state index in [1.807, 2.05) is 13.8 Å². The highest BCUT2D eigenvalue weighted by Crippen LogP contribution is 2.20. The van der Waals surface area contributed by atoms with Gasteiger partial charge in [-0.3, -0.25) is 4.79 Å². The molecule has 0 N–H and O–H groups in total. The Labute approximate surface area is 157 Å². The fourth-order valence-corrected chi connectivity index (χ4v) is 2.99. The molecule has 0 radical (unpaired) electrons. The number of carbonyl (C=O) groups is 1. The molecule has 3 rings (SSSR count). The topological polar surface area (TPSA) is 41.9 Å². The number of nitrogens with zero attached hydrogens (tertiary/aromatic N) is 2. The van der Waals surface area contributed by atoms with Crippen LogP contribution in [0.25, 0.3) is 0 Å². The van der Waals surface area contributed by atoms with Gasteiger partial charge in [-0.1, -0.05) is 43.3 Å². The van der Waals surface area contributed by atoms with E-state index in [-0.39, 0.29) is 29.6 Å². The minimum absolute atomic E-state index is 0.00171. The van der Waals surface area contributed by atoms with Gasteiger partial charge in [-0.2, -0.15) is 0 Å². The van der Waals surface area contributed by atoms with Crippen LogP contribution in [-0.4, -0.2) is 29.2 Å². The molecule has 6 heteroatoms. The minimum atomic E-state index is -0.308. The van der Waals surface area contributed by atoms with E-state index < -0.39 is 0 Å². The molecule has 27 heavy (non-hydrogen) atoms. The summed E-state index contributed by atoms with van der Waals surface area (Å²) >= 11 is 0. The maximum absolute atomic E-state index is 13.1. The van der Waals surface area contributed by atoms with Crippen LogP contribution in [0.1, 0.15) is 31.4 Å².